The Hall–Kier alpha value is -1.61. The largest absolute Gasteiger partial charge is 0.349 e. The molecule has 0 saturated carbocycles. The average molecular weight is 303 g/mol. The van der Waals surface area contributed by atoms with Gasteiger partial charge >= 0.3 is 0 Å². The van der Waals surface area contributed by atoms with Gasteiger partial charge in [-0.1, -0.05) is 18.2 Å². The Labute approximate surface area is 135 Å². The fourth-order valence-corrected chi connectivity index (χ4v) is 2.07. The maximum Gasteiger partial charge on any atom is 0.251 e. The van der Waals surface area contributed by atoms with Crippen LogP contribution in [-0.2, 0) is 6.54 Å². The van der Waals surface area contributed by atoms with E-state index in [1.807, 2.05) is 25.1 Å². The van der Waals surface area contributed by atoms with Crippen molar-refractivity contribution in [2.75, 3.05) is 14.1 Å². The maximum absolute atomic E-state index is 12.1. The standard InChI is InChI=1S/C19H30N2O/c1-8-9-15(2)20-18(22)17-12-10-16(11-13-17)14-21(6,7)19(3,4)5/h8,10-13,15H,1,9,14H2,2-7H3/p+1. The van der Waals surface area contributed by atoms with Gasteiger partial charge in [-0.15, -0.1) is 6.58 Å². The molecular formula is C19H31N2O+. The third kappa shape index (κ3) is 4.99. The number of rotatable bonds is 6. The summed E-state index contributed by atoms with van der Waals surface area (Å²) in [6, 6.07) is 8.04. The minimum absolute atomic E-state index is 0.0227. The SMILES string of the molecule is C=CCC(C)NC(=O)c1ccc(C[N+](C)(C)C(C)(C)C)cc1. The van der Waals surface area contributed by atoms with E-state index >= 15 is 0 Å². The lowest BCUT2D eigenvalue weighted by Crippen LogP contribution is -2.53. The smallest absolute Gasteiger partial charge is 0.251 e. The molecule has 0 saturated heterocycles. The lowest BCUT2D eigenvalue weighted by molar-refractivity contribution is -0.948. The lowest BCUT2D eigenvalue weighted by Gasteiger charge is -2.42. The fourth-order valence-electron chi connectivity index (χ4n) is 2.07. The van der Waals surface area contributed by atoms with E-state index in [9.17, 15) is 4.79 Å². The molecule has 0 aliphatic carbocycles. The molecule has 0 aromatic heterocycles. The molecule has 0 aliphatic rings. The van der Waals surface area contributed by atoms with Crippen LogP contribution in [0, 0.1) is 0 Å². The summed E-state index contributed by atoms with van der Waals surface area (Å²) in [7, 11) is 4.47. The molecule has 3 nitrogen and oxygen atoms in total. The zero-order valence-corrected chi connectivity index (χ0v) is 14.9. The Balaban J connectivity index is 2.75. The number of carbonyl (C=O) groups excluding carboxylic acids is 1. The summed E-state index contributed by atoms with van der Waals surface area (Å²) in [6.45, 7) is 13.4. The van der Waals surface area contributed by atoms with Gasteiger partial charge in [0.15, 0.2) is 0 Å². The minimum atomic E-state index is -0.0227. The van der Waals surface area contributed by atoms with Crippen LogP contribution in [0.2, 0.25) is 0 Å². The number of benzene rings is 1. The predicted octanol–water partition coefficient (Wildman–Crippen LogP) is 3.76. The highest BCUT2D eigenvalue weighted by Gasteiger charge is 2.31. The zero-order valence-electron chi connectivity index (χ0n) is 14.9. The second-order valence-corrected chi connectivity index (χ2v) is 7.61. The molecule has 1 N–H and O–H groups in total. The number of hydrogen-bond donors (Lipinski definition) is 1. The van der Waals surface area contributed by atoms with Gasteiger partial charge in [-0.3, -0.25) is 4.79 Å². The normalized spacial score (nSPS) is 13.5. The van der Waals surface area contributed by atoms with E-state index < -0.39 is 0 Å². The van der Waals surface area contributed by atoms with Crippen LogP contribution in [0.4, 0.5) is 0 Å². The van der Waals surface area contributed by atoms with E-state index in [0.29, 0.717) is 5.56 Å². The second-order valence-electron chi connectivity index (χ2n) is 7.61. The molecule has 0 radical (unpaired) electrons. The van der Waals surface area contributed by atoms with Crippen LogP contribution < -0.4 is 5.32 Å². The first-order chi connectivity index (χ1) is 10.1. The molecule has 1 unspecified atom stereocenters. The van der Waals surface area contributed by atoms with Crippen molar-refractivity contribution in [1.29, 1.82) is 0 Å². The van der Waals surface area contributed by atoms with Gasteiger partial charge in [-0.05, 0) is 46.2 Å². The molecular weight excluding hydrogens is 272 g/mol. The van der Waals surface area contributed by atoms with Crippen molar-refractivity contribution in [3.63, 3.8) is 0 Å². The number of amides is 1. The molecule has 1 rings (SSSR count). The Kier molecular flexibility index (Phi) is 5.95. The van der Waals surface area contributed by atoms with Crippen molar-refractivity contribution in [1.82, 2.24) is 5.32 Å². The van der Waals surface area contributed by atoms with Crippen LogP contribution in [0.15, 0.2) is 36.9 Å². The predicted molar refractivity (Wildman–Crippen MR) is 93.7 cm³/mol. The monoisotopic (exact) mass is 303 g/mol. The van der Waals surface area contributed by atoms with E-state index in [1.54, 1.807) is 0 Å². The van der Waals surface area contributed by atoms with Crippen molar-refractivity contribution in [3.05, 3.63) is 48.0 Å². The zero-order chi connectivity index (χ0) is 17.0. The Morgan fingerprint density at radius 1 is 1.27 bits per heavy atom. The van der Waals surface area contributed by atoms with Crippen molar-refractivity contribution < 1.29 is 9.28 Å². The first-order valence-electron chi connectivity index (χ1n) is 7.90. The molecule has 0 bridgehead atoms. The quantitative estimate of drug-likeness (QED) is 0.629. The minimum Gasteiger partial charge on any atom is -0.349 e. The summed E-state index contributed by atoms with van der Waals surface area (Å²) in [4.78, 5) is 12.1. The van der Waals surface area contributed by atoms with Crippen molar-refractivity contribution in [3.8, 4) is 0 Å². The third-order valence-electron chi connectivity index (χ3n) is 4.51. The van der Waals surface area contributed by atoms with E-state index in [1.165, 1.54) is 5.56 Å². The molecule has 0 aliphatic heterocycles. The number of carbonyl (C=O) groups is 1. The van der Waals surface area contributed by atoms with Crippen LogP contribution >= 0.6 is 0 Å². The van der Waals surface area contributed by atoms with Gasteiger partial charge in [0, 0.05) is 17.2 Å². The average Bonchev–Trinajstić information content (AvgIpc) is 2.37. The molecule has 122 valence electrons. The molecule has 0 spiro atoms. The number of quaternary nitrogens is 1. The van der Waals surface area contributed by atoms with Gasteiger partial charge in [0.1, 0.15) is 6.54 Å². The van der Waals surface area contributed by atoms with Crippen LogP contribution in [0.1, 0.15) is 50.0 Å². The van der Waals surface area contributed by atoms with Crippen LogP contribution in [0.3, 0.4) is 0 Å². The summed E-state index contributed by atoms with van der Waals surface area (Å²) in [5.41, 5.74) is 2.13. The van der Waals surface area contributed by atoms with Gasteiger partial charge in [-0.25, -0.2) is 0 Å². The van der Waals surface area contributed by atoms with Gasteiger partial charge < -0.3 is 9.80 Å². The molecule has 0 fully saturated rings. The molecule has 3 heteroatoms. The van der Waals surface area contributed by atoms with E-state index in [4.69, 9.17) is 0 Å². The summed E-state index contributed by atoms with van der Waals surface area (Å²) in [5.74, 6) is -0.0227. The Morgan fingerprint density at radius 3 is 2.27 bits per heavy atom. The Bertz CT molecular complexity index is 509. The van der Waals surface area contributed by atoms with E-state index in [2.05, 4.69) is 58.9 Å². The van der Waals surface area contributed by atoms with E-state index in [-0.39, 0.29) is 17.5 Å². The molecule has 1 aromatic carbocycles. The molecule has 1 amide bonds. The molecule has 1 atom stereocenters. The lowest BCUT2D eigenvalue weighted by atomic mass is 10.0. The first-order valence-corrected chi connectivity index (χ1v) is 7.90. The maximum atomic E-state index is 12.1. The molecule has 0 heterocycles. The van der Waals surface area contributed by atoms with Crippen LogP contribution in [-0.4, -0.2) is 36.1 Å². The highest BCUT2D eigenvalue weighted by atomic mass is 16.1. The van der Waals surface area contributed by atoms with Crippen LogP contribution in [0.5, 0.6) is 0 Å². The van der Waals surface area contributed by atoms with Gasteiger partial charge in [0.05, 0.1) is 19.6 Å². The second kappa shape index (κ2) is 7.10. The highest BCUT2D eigenvalue weighted by molar-refractivity contribution is 5.94. The topological polar surface area (TPSA) is 29.1 Å². The molecule has 22 heavy (non-hydrogen) atoms. The fraction of sp³-hybridized carbons (Fsp3) is 0.526. The van der Waals surface area contributed by atoms with Gasteiger partial charge in [-0.2, -0.15) is 0 Å². The van der Waals surface area contributed by atoms with E-state index in [0.717, 1.165) is 17.4 Å². The van der Waals surface area contributed by atoms with Crippen molar-refractivity contribution >= 4 is 5.91 Å². The first kappa shape index (κ1) is 18.4. The van der Waals surface area contributed by atoms with Gasteiger partial charge in [0.2, 0.25) is 0 Å². The number of hydrogen-bond acceptors (Lipinski definition) is 1. The summed E-state index contributed by atoms with van der Waals surface area (Å²) < 4.78 is 0.898. The summed E-state index contributed by atoms with van der Waals surface area (Å²) in [6.07, 6.45) is 2.60. The molecule has 1 aromatic rings. The van der Waals surface area contributed by atoms with Crippen molar-refractivity contribution in [2.24, 2.45) is 0 Å². The van der Waals surface area contributed by atoms with Crippen LogP contribution in [0.25, 0.3) is 0 Å². The number of nitrogens with one attached hydrogen (secondary N) is 1. The summed E-state index contributed by atoms with van der Waals surface area (Å²) in [5, 5.41) is 2.97. The van der Waals surface area contributed by atoms with Crippen molar-refractivity contribution in [2.45, 2.75) is 52.2 Å². The number of nitrogens with zero attached hydrogens (tertiary/aromatic N) is 1. The highest BCUT2D eigenvalue weighted by Crippen LogP contribution is 2.23. The summed E-state index contributed by atoms with van der Waals surface area (Å²) >= 11 is 0. The third-order valence-corrected chi connectivity index (χ3v) is 4.51. The van der Waals surface area contributed by atoms with Gasteiger partial charge in [0.25, 0.3) is 5.91 Å². The Morgan fingerprint density at radius 2 is 1.82 bits per heavy atom.